The molecule has 88 valence electrons. The van der Waals surface area contributed by atoms with Gasteiger partial charge in [0.1, 0.15) is 5.75 Å². The number of methoxy groups -OCH3 is 1. The van der Waals surface area contributed by atoms with Crippen molar-refractivity contribution in [1.82, 2.24) is 5.32 Å². The summed E-state index contributed by atoms with van der Waals surface area (Å²) in [5.74, 6) is 0.542. The smallest absolute Gasteiger partial charge is 0.183 e. The molecule has 0 spiro atoms. The first kappa shape index (κ1) is 13.0. The van der Waals surface area contributed by atoms with Gasteiger partial charge in [0.2, 0.25) is 0 Å². The van der Waals surface area contributed by atoms with Crippen molar-refractivity contribution in [2.24, 2.45) is 0 Å². The Balaban J connectivity index is 3.01. The van der Waals surface area contributed by atoms with Crippen LogP contribution in [0.25, 0.3) is 0 Å². The van der Waals surface area contributed by atoms with Gasteiger partial charge in [-0.2, -0.15) is 0 Å². The van der Waals surface area contributed by atoms with Crippen LogP contribution in [0.4, 0.5) is 0 Å². The molecule has 1 unspecified atom stereocenters. The minimum Gasteiger partial charge on any atom is -0.496 e. The molecule has 1 N–H and O–H groups in total. The molecular formula is C12H16ClNO2. The lowest BCUT2D eigenvalue weighted by molar-refractivity contribution is 0.0949. The molecule has 1 atom stereocenters. The average Bonchev–Trinajstić information content (AvgIpc) is 2.28. The Morgan fingerprint density at radius 1 is 1.56 bits per heavy atom. The lowest BCUT2D eigenvalue weighted by Gasteiger charge is -2.13. The van der Waals surface area contributed by atoms with E-state index in [0.29, 0.717) is 16.3 Å². The van der Waals surface area contributed by atoms with Crippen molar-refractivity contribution in [3.8, 4) is 5.75 Å². The monoisotopic (exact) mass is 241 g/mol. The molecule has 16 heavy (non-hydrogen) atoms. The SMILES string of the molecule is CCNC(C)C(=O)c1cc(Cl)ccc1OC. The molecule has 4 heteroatoms. The van der Waals surface area contributed by atoms with Crippen molar-refractivity contribution in [2.75, 3.05) is 13.7 Å². The van der Waals surface area contributed by atoms with Gasteiger partial charge in [-0.05, 0) is 31.7 Å². The third-order valence-corrected chi connectivity index (χ3v) is 2.57. The van der Waals surface area contributed by atoms with E-state index in [2.05, 4.69) is 5.32 Å². The maximum atomic E-state index is 12.1. The molecule has 0 aromatic heterocycles. The lowest BCUT2D eigenvalue weighted by Crippen LogP contribution is -2.33. The summed E-state index contributed by atoms with van der Waals surface area (Å²) in [6.07, 6.45) is 0. The van der Waals surface area contributed by atoms with Gasteiger partial charge in [-0.25, -0.2) is 0 Å². The average molecular weight is 242 g/mol. The van der Waals surface area contributed by atoms with Crippen LogP contribution in [0.5, 0.6) is 5.75 Å². The molecule has 0 bridgehead atoms. The number of hydrogen-bond donors (Lipinski definition) is 1. The molecule has 0 saturated heterocycles. The first-order chi connectivity index (χ1) is 7.60. The Kier molecular flexibility index (Phi) is 4.77. The summed E-state index contributed by atoms with van der Waals surface area (Å²) in [6.45, 7) is 4.53. The normalized spacial score (nSPS) is 12.2. The van der Waals surface area contributed by atoms with Gasteiger partial charge in [0, 0.05) is 5.02 Å². The highest BCUT2D eigenvalue weighted by molar-refractivity contribution is 6.31. The molecule has 3 nitrogen and oxygen atoms in total. The molecule has 1 rings (SSSR count). The number of nitrogens with one attached hydrogen (secondary N) is 1. The Labute approximate surface area is 101 Å². The predicted molar refractivity (Wildman–Crippen MR) is 65.5 cm³/mol. The van der Waals surface area contributed by atoms with Crippen LogP contribution < -0.4 is 10.1 Å². The van der Waals surface area contributed by atoms with Gasteiger partial charge in [-0.3, -0.25) is 4.79 Å². The van der Waals surface area contributed by atoms with Gasteiger partial charge in [0.15, 0.2) is 5.78 Å². The zero-order chi connectivity index (χ0) is 12.1. The van der Waals surface area contributed by atoms with E-state index in [4.69, 9.17) is 16.3 Å². The van der Waals surface area contributed by atoms with Gasteiger partial charge in [-0.1, -0.05) is 18.5 Å². The van der Waals surface area contributed by atoms with Crippen LogP contribution in [-0.2, 0) is 0 Å². The second kappa shape index (κ2) is 5.87. The largest absolute Gasteiger partial charge is 0.496 e. The summed E-state index contributed by atoms with van der Waals surface area (Å²) in [7, 11) is 1.54. The van der Waals surface area contributed by atoms with Crippen molar-refractivity contribution in [1.29, 1.82) is 0 Å². The van der Waals surface area contributed by atoms with E-state index >= 15 is 0 Å². The summed E-state index contributed by atoms with van der Waals surface area (Å²) >= 11 is 5.87. The molecule has 0 aliphatic heterocycles. The summed E-state index contributed by atoms with van der Waals surface area (Å²) in [4.78, 5) is 12.1. The minimum atomic E-state index is -0.239. The Bertz CT molecular complexity index is 379. The number of benzene rings is 1. The van der Waals surface area contributed by atoms with Gasteiger partial charge in [0.05, 0.1) is 18.7 Å². The summed E-state index contributed by atoms with van der Waals surface area (Å²) in [5.41, 5.74) is 0.517. The van der Waals surface area contributed by atoms with E-state index in [1.165, 1.54) is 7.11 Å². The summed E-state index contributed by atoms with van der Waals surface area (Å²) in [5, 5.41) is 3.60. The number of Topliss-reactive ketones (excluding diaryl/α,β-unsaturated/α-hetero) is 1. The number of ether oxygens (including phenoxy) is 1. The molecule has 0 fully saturated rings. The number of carbonyl (C=O) groups excluding carboxylic acids is 1. The van der Waals surface area contributed by atoms with Crippen molar-refractivity contribution >= 4 is 17.4 Å². The van der Waals surface area contributed by atoms with Crippen LogP contribution in [0.2, 0.25) is 5.02 Å². The zero-order valence-electron chi connectivity index (χ0n) is 9.71. The van der Waals surface area contributed by atoms with Crippen LogP contribution in [0.1, 0.15) is 24.2 Å². The van der Waals surface area contributed by atoms with Gasteiger partial charge >= 0.3 is 0 Å². The first-order valence-electron chi connectivity index (χ1n) is 5.21. The highest BCUT2D eigenvalue weighted by atomic mass is 35.5. The Hall–Kier alpha value is -1.06. The van der Waals surface area contributed by atoms with E-state index in [-0.39, 0.29) is 11.8 Å². The fourth-order valence-electron chi connectivity index (χ4n) is 1.50. The lowest BCUT2D eigenvalue weighted by atomic mass is 10.0. The maximum Gasteiger partial charge on any atom is 0.183 e. The van der Waals surface area contributed by atoms with Crippen LogP contribution >= 0.6 is 11.6 Å². The third kappa shape index (κ3) is 2.97. The Morgan fingerprint density at radius 2 is 2.25 bits per heavy atom. The minimum absolute atomic E-state index is 0.0128. The van der Waals surface area contributed by atoms with E-state index in [1.807, 2.05) is 13.8 Å². The third-order valence-electron chi connectivity index (χ3n) is 2.33. The van der Waals surface area contributed by atoms with E-state index in [0.717, 1.165) is 6.54 Å². The zero-order valence-corrected chi connectivity index (χ0v) is 10.5. The molecule has 0 heterocycles. The van der Waals surface area contributed by atoms with Crippen molar-refractivity contribution in [2.45, 2.75) is 19.9 Å². The van der Waals surface area contributed by atoms with Gasteiger partial charge in [0.25, 0.3) is 0 Å². The van der Waals surface area contributed by atoms with Crippen molar-refractivity contribution in [3.05, 3.63) is 28.8 Å². The molecule has 0 radical (unpaired) electrons. The molecule has 0 aliphatic rings. The molecule has 1 aromatic rings. The number of hydrogen-bond acceptors (Lipinski definition) is 3. The summed E-state index contributed by atoms with van der Waals surface area (Å²) < 4.78 is 5.14. The second-order valence-corrected chi connectivity index (χ2v) is 3.92. The number of halogens is 1. The fourth-order valence-corrected chi connectivity index (χ4v) is 1.68. The van der Waals surface area contributed by atoms with Crippen molar-refractivity contribution < 1.29 is 9.53 Å². The van der Waals surface area contributed by atoms with Crippen LogP contribution in [0, 0.1) is 0 Å². The molecule has 0 aliphatic carbocycles. The highest BCUT2D eigenvalue weighted by Gasteiger charge is 2.18. The van der Waals surface area contributed by atoms with Gasteiger partial charge in [-0.15, -0.1) is 0 Å². The molecule has 0 saturated carbocycles. The van der Waals surface area contributed by atoms with E-state index in [9.17, 15) is 4.79 Å². The fraction of sp³-hybridized carbons (Fsp3) is 0.417. The molecule has 1 aromatic carbocycles. The predicted octanol–water partition coefficient (Wildman–Crippen LogP) is 2.53. The maximum absolute atomic E-state index is 12.1. The molecular weight excluding hydrogens is 226 g/mol. The summed E-state index contributed by atoms with van der Waals surface area (Å²) in [6, 6.07) is 4.80. The van der Waals surface area contributed by atoms with Gasteiger partial charge < -0.3 is 10.1 Å². The number of likely N-dealkylation sites (N-methyl/N-ethyl adjacent to an activating group) is 1. The van der Waals surface area contributed by atoms with Crippen LogP contribution in [0.3, 0.4) is 0 Å². The first-order valence-corrected chi connectivity index (χ1v) is 5.59. The van der Waals surface area contributed by atoms with E-state index in [1.54, 1.807) is 18.2 Å². The number of carbonyl (C=O) groups is 1. The second-order valence-electron chi connectivity index (χ2n) is 3.49. The van der Waals surface area contributed by atoms with E-state index < -0.39 is 0 Å². The molecule has 0 amide bonds. The topological polar surface area (TPSA) is 38.3 Å². The highest BCUT2D eigenvalue weighted by Crippen LogP contribution is 2.23. The number of rotatable bonds is 5. The Morgan fingerprint density at radius 3 is 2.81 bits per heavy atom. The van der Waals surface area contributed by atoms with Crippen molar-refractivity contribution in [3.63, 3.8) is 0 Å². The standard InChI is InChI=1S/C12H16ClNO2/c1-4-14-8(2)12(15)10-7-9(13)5-6-11(10)16-3/h5-8,14H,4H2,1-3H3. The van der Waals surface area contributed by atoms with Crippen LogP contribution in [-0.4, -0.2) is 25.5 Å². The number of ketones is 1. The van der Waals surface area contributed by atoms with Crippen LogP contribution in [0.15, 0.2) is 18.2 Å². The quantitative estimate of drug-likeness (QED) is 0.806.